The Morgan fingerprint density at radius 3 is 2.52 bits per heavy atom. The molecule has 0 heterocycles. The molecule has 0 saturated carbocycles. The van der Waals surface area contributed by atoms with Crippen molar-refractivity contribution in [3.63, 3.8) is 0 Å². The Labute approximate surface area is 119 Å². The number of carbonyl (C=O) groups is 1. The molecule has 0 aliphatic heterocycles. The van der Waals surface area contributed by atoms with Crippen molar-refractivity contribution in [2.75, 3.05) is 19.8 Å². The number of halogens is 3. The van der Waals surface area contributed by atoms with E-state index in [1.165, 1.54) is 0 Å². The largest absolute Gasteiger partial charge is 0.479 e. The van der Waals surface area contributed by atoms with Gasteiger partial charge in [-0.3, -0.25) is 4.79 Å². The Hall–Kier alpha value is -2.27. The second-order valence-electron chi connectivity index (χ2n) is 3.98. The Morgan fingerprint density at radius 1 is 1.29 bits per heavy atom. The van der Waals surface area contributed by atoms with Gasteiger partial charge in [0.15, 0.2) is 6.61 Å². The molecule has 1 aromatic rings. The van der Waals surface area contributed by atoms with Gasteiger partial charge in [0.05, 0.1) is 0 Å². The molecule has 0 aromatic heterocycles. The van der Waals surface area contributed by atoms with Crippen LogP contribution in [0.1, 0.15) is 5.56 Å². The second-order valence-corrected chi connectivity index (χ2v) is 3.98. The number of ether oxygens (including phenoxy) is 2. The molecule has 1 aromatic carbocycles. The Kier molecular flexibility index (Phi) is 6.49. The zero-order chi connectivity index (χ0) is 15.7. The molecule has 0 fully saturated rings. The number of rotatable bonds is 7. The normalized spacial score (nSPS) is 10.8. The minimum absolute atomic E-state index is 0.0629. The summed E-state index contributed by atoms with van der Waals surface area (Å²) in [7, 11) is 0. The molecular formula is C13H13F3N2O3. The van der Waals surface area contributed by atoms with Crippen LogP contribution < -0.4 is 10.1 Å². The van der Waals surface area contributed by atoms with Gasteiger partial charge in [0, 0.05) is 6.54 Å². The summed E-state index contributed by atoms with van der Waals surface area (Å²) in [6.45, 7) is -2.01. The van der Waals surface area contributed by atoms with E-state index in [2.05, 4.69) is 10.1 Å². The highest BCUT2D eigenvalue weighted by molar-refractivity contribution is 5.77. The fraction of sp³-hybridized carbons (Fsp3) is 0.385. The summed E-state index contributed by atoms with van der Waals surface area (Å²) in [6, 6.07) is 8.42. The van der Waals surface area contributed by atoms with Crippen LogP contribution in [-0.4, -0.2) is 31.9 Å². The monoisotopic (exact) mass is 302 g/mol. The van der Waals surface area contributed by atoms with Crippen LogP contribution in [0.4, 0.5) is 13.2 Å². The number of benzene rings is 1. The van der Waals surface area contributed by atoms with Gasteiger partial charge >= 0.3 is 6.18 Å². The van der Waals surface area contributed by atoms with E-state index in [1.54, 1.807) is 24.3 Å². The quantitative estimate of drug-likeness (QED) is 0.833. The van der Waals surface area contributed by atoms with Crippen LogP contribution in [0, 0.1) is 11.3 Å². The van der Waals surface area contributed by atoms with E-state index in [4.69, 9.17) is 10.00 Å². The van der Waals surface area contributed by atoms with Gasteiger partial charge in [-0.2, -0.15) is 18.4 Å². The van der Waals surface area contributed by atoms with Crippen molar-refractivity contribution < 1.29 is 27.4 Å². The summed E-state index contributed by atoms with van der Waals surface area (Å²) < 4.78 is 44.7. The molecule has 21 heavy (non-hydrogen) atoms. The van der Waals surface area contributed by atoms with Crippen molar-refractivity contribution in [1.29, 1.82) is 5.26 Å². The molecule has 8 heteroatoms. The third-order valence-electron chi connectivity index (χ3n) is 2.22. The van der Waals surface area contributed by atoms with Crippen molar-refractivity contribution in [2.24, 2.45) is 0 Å². The van der Waals surface area contributed by atoms with E-state index < -0.39 is 25.3 Å². The third kappa shape index (κ3) is 7.79. The molecule has 0 aliphatic rings. The highest BCUT2D eigenvalue weighted by Gasteiger charge is 2.27. The van der Waals surface area contributed by atoms with Gasteiger partial charge in [0.25, 0.3) is 0 Å². The van der Waals surface area contributed by atoms with Crippen LogP contribution in [0.2, 0.25) is 0 Å². The van der Waals surface area contributed by atoms with Crippen molar-refractivity contribution in [3.05, 3.63) is 29.8 Å². The molecule has 0 unspecified atom stereocenters. The van der Waals surface area contributed by atoms with Crippen molar-refractivity contribution in [1.82, 2.24) is 5.32 Å². The van der Waals surface area contributed by atoms with E-state index in [9.17, 15) is 18.0 Å². The first-order chi connectivity index (χ1) is 9.90. The maximum absolute atomic E-state index is 11.8. The molecule has 0 saturated heterocycles. The number of nitriles is 1. The molecule has 1 amide bonds. The molecule has 0 aliphatic carbocycles. The average Bonchev–Trinajstić information content (AvgIpc) is 2.42. The topological polar surface area (TPSA) is 71.3 Å². The first-order valence-electron chi connectivity index (χ1n) is 5.90. The van der Waals surface area contributed by atoms with Crippen LogP contribution in [0.15, 0.2) is 24.3 Å². The second kappa shape index (κ2) is 8.11. The fourth-order valence-corrected chi connectivity index (χ4v) is 1.33. The highest BCUT2D eigenvalue weighted by Crippen LogP contribution is 2.14. The van der Waals surface area contributed by atoms with Gasteiger partial charge in [-0.05, 0) is 17.7 Å². The van der Waals surface area contributed by atoms with Crippen LogP contribution >= 0.6 is 0 Å². The SMILES string of the molecule is N#CCOc1ccc(CNC(=O)COCC(F)(F)F)cc1. The molecule has 5 nitrogen and oxygen atoms in total. The predicted octanol–water partition coefficient (Wildman–Crippen LogP) is 1.78. The lowest BCUT2D eigenvalue weighted by Crippen LogP contribution is -2.29. The number of nitrogens with one attached hydrogen (secondary N) is 1. The first-order valence-corrected chi connectivity index (χ1v) is 5.90. The summed E-state index contributed by atoms with van der Waals surface area (Å²) >= 11 is 0. The first kappa shape index (κ1) is 16.8. The van der Waals surface area contributed by atoms with Crippen molar-refractivity contribution in [2.45, 2.75) is 12.7 Å². The number of alkyl halides is 3. The maximum atomic E-state index is 11.8. The minimum atomic E-state index is -4.44. The number of hydrogen-bond donors (Lipinski definition) is 1. The van der Waals surface area contributed by atoms with Crippen molar-refractivity contribution in [3.8, 4) is 11.8 Å². The predicted molar refractivity (Wildman–Crippen MR) is 66.3 cm³/mol. The zero-order valence-electron chi connectivity index (χ0n) is 10.9. The maximum Gasteiger partial charge on any atom is 0.411 e. The van der Waals surface area contributed by atoms with Crippen LogP contribution in [-0.2, 0) is 16.1 Å². The molecule has 0 bridgehead atoms. The van der Waals surface area contributed by atoms with Gasteiger partial charge in [-0.15, -0.1) is 0 Å². The van der Waals surface area contributed by atoms with Gasteiger partial charge < -0.3 is 14.8 Å². The molecule has 0 radical (unpaired) electrons. The van der Waals surface area contributed by atoms with Gasteiger partial charge in [-0.25, -0.2) is 0 Å². The zero-order valence-corrected chi connectivity index (χ0v) is 10.9. The Bertz CT molecular complexity index is 495. The summed E-state index contributed by atoms with van der Waals surface area (Å²) in [5, 5.41) is 10.8. The summed E-state index contributed by atoms with van der Waals surface area (Å²) in [4.78, 5) is 11.2. The average molecular weight is 302 g/mol. The number of amides is 1. The van der Waals surface area contributed by atoms with E-state index in [-0.39, 0.29) is 13.2 Å². The molecular weight excluding hydrogens is 289 g/mol. The van der Waals surface area contributed by atoms with Crippen molar-refractivity contribution >= 4 is 5.91 Å². The number of hydrogen-bond acceptors (Lipinski definition) is 4. The van der Waals surface area contributed by atoms with Crippen LogP contribution in [0.5, 0.6) is 5.75 Å². The van der Waals surface area contributed by atoms with E-state index in [0.29, 0.717) is 5.75 Å². The van der Waals surface area contributed by atoms with Gasteiger partial charge in [-0.1, -0.05) is 12.1 Å². The lowest BCUT2D eigenvalue weighted by Gasteiger charge is -2.09. The third-order valence-corrected chi connectivity index (χ3v) is 2.22. The molecule has 1 N–H and O–H groups in total. The molecule has 1 rings (SSSR count). The Morgan fingerprint density at radius 2 is 1.95 bits per heavy atom. The van der Waals surface area contributed by atoms with E-state index in [0.717, 1.165) is 5.56 Å². The lowest BCUT2D eigenvalue weighted by molar-refractivity contribution is -0.175. The summed E-state index contributed by atoms with van der Waals surface area (Å²) in [6.07, 6.45) is -4.44. The number of carbonyl (C=O) groups excluding carboxylic acids is 1. The molecule has 0 atom stereocenters. The molecule has 0 spiro atoms. The minimum Gasteiger partial charge on any atom is -0.479 e. The summed E-state index contributed by atoms with van der Waals surface area (Å²) in [5.74, 6) is -0.121. The lowest BCUT2D eigenvalue weighted by atomic mass is 10.2. The standard InChI is InChI=1S/C13H13F3N2O3/c14-13(15,16)9-20-8-12(19)18-7-10-1-3-11(4-2-10)21-6-5-17/h1-4H,6-9H2,(H,18,19). The van der Waals surface area contributed by atoms with E-state index >= 15 is 0 Å². The smallest absolute Gasteiger partial charge is 0.411 e. The highest BCUT2D eigenvalue weighted by atomic mass is 19.4. The van der Waals surface area contributed by atoms with Gasteiger partial charge in [0.2, 0.25) is 5.91 Å². The van der Waals surface area contributed by atoms with E-state index in [1.807, 2.05) is 6.07 Å². The fourth-order valence-electron chi connectivity index (χ4n) is 1.33. The summed E-state index contributed by atoms with van der Waals surface area (Å²) in [5.41, 5.74) is 0.739. The Balaban J connectivity index is 2.28. The van der Waals surface area contributed by atoms with Crippen LogP contribution in [0.25, 0.3) is 0 Å². The van der Waals surface area contributed by atoms with Crippen LogP contribution in [0.3, 0.4) is 0 Å². The molecule has 114 valence electrons. The van der Waals surface area contributed by atoms with Gasteiger partial charge in [0.1, 0.15) is 25.0 Å². The number of nitrogens with zero attached hydrogens (tertiary/aromatic N) is 1.